The van der Waals surface area contributed by atoms with E-state index < -0.39 is 11.5 Å². The van der Waals surface area contributed by atoms with E-state index in [1.807, 2.05) is 54.3 Å². The maximum Gasteiger partial charge on any atom is 0.0624 e. The van der Waals surface area contributed by atoms with Crippen molar-refractivity contribution >= 4 is 0 Å². The minimum atomic E-state index is -0.528. The van der Waals surface area contributed by atoms with Crippen LogP contribution in [0.1, 0.15) is 25.0 Å². The first kappa shape index (κ1) is 14.8. The fourth-order valence-electron chi connectivity index (χ4n) is 2.66. The Morgan fingerprint density at radius 3 is 2.55 bits per heavy atom. The second-order valence-corrected chi connectivity index (χ2v) is 5.28. The number of aliphatic hydroxyl groups is 1. The van der Waals surface area contributed by atoms with Crippen LogP contribution in [0.2, 0.25) is 0 Å². The molecule has 4 heteroatoms. The monoisotopic (exact) mass is 273 g/mol. The van der Waals surface area contributed by atoms with E-state index in [1.54, 1.807) is 0 Å². The Kier molecular flexibility index (Phi) is 4.57. The van der Waals surface area contributed by atoms with Crippen molar-refractivity contribution in [2.45, 2.75) is 38.3 Å². The predicted octanol–water partition coefficient (Wildman–Crippen LogP) is 1.72. The van der Waals surface area contributed by atoms with Gasteiger partial charge in [-0.3, -0.25) is 4.68 Å². The third-order valence-electron chi connectivity index (χ3n) is 4.04. The highest BCUT2D eigenvalue weighted by molar-refractivity contribution is 5.30. The highest BCUT2D eigenvalue weighted by Gasteiger charge is 2.36. The van der Waals surface area contributed by atoms with Gasteiger partial charge in [0.1, 0.15) is 0 Å². The summed E-state index contributed by atoms with van der Waals surface area (Å²) in [5.41, 5.74) is 7.74. The summed E-state index contributed by atoms with van der Waals surface area (Å²) in [6.07, 6.45) is 4.04. The summed E-state index contributed by atoms with van der Waals surface area (Å²) < 4.78 is 1.89. The number of hydrogen-bond donors (Lipinski definition) is 2. The van der Waals surface area contributed by atoms with Crippen LogP contribution >= 0.6 is 0 Å². The molecule has 0 saturated heterocycles. The lowest BCUT2D eigenvalue weighted by molar-refractivity contribution is 0.100. The Morgan fingerprint density at radius 1 is 1.35 bits per heavy atom. The van der Waals surface area contributed by atoms with Crippen LogP contribution in [0, 0.1) is 0 Å². The van der Waals surface area contributed by atoms with E-state index >= 15 is 0 Å². The molecule has 108 valence electrons. The van der Waals surface area contributed by atoms with Gasteiger partial charge in [-0.05, 0) is 31.4 Å². The van der Waals surface area contributed by atoms with Gasteiger partial charge in [-0.1, -0.05) is 30.3 Å². The van der Waals surface area contributed by atoms with Gasteiger partial charge in [0.05, 0.1) is 12.3 Å². The number of rotatable bonds is 6. The van der Waals surface area contributed by atoms with Gasteiger partial charge in [0.25, 0.3) is 0 Å². The first-order valence-corrected chi connectivity index (χ1v) is 7.07. The lowest BCUT2D eigenvalue weighted by Crippen LogP contribution is -2.46. The van der Waals surface area contributed by atoms with E-state index in [0.29, 0.717) is 13.0 Å². The highest BCUT2D eigenvalue weighted by atomic mass is 16.3. The molecule has 0 saturated carbocycles. The summed E-state index contributed by atoms with van der Waals surface area (Å²) in [5, 5.41) is 14.6. The Morgan fingerprint density at radius 2 is 2.05 bits per heavy atom. The van der Waals surface area contributed by atoms with Crippen molar-refractivity contribution in [3.05, 3.63) is 53.9 Å². The highest BCUT2D eigenvalue weighted by Crippen LogP contribution is 2.31. The molecule has 0 amide bonds. The molecule has 0 radical (unpaired) electrons. The maximum atomic E-state index is 10.3. The zero-order chi connectivity index (χ0) is 14.6. The molecular weight excluding hydrogens is 250 g/mol. The minimum absolute atomic E-state index is 0.395. The lowest BCUT2D eigenvalue weighted by atomic mass is 9.72. The summed E-state index contributed by atoms with van der Waals surface area (Å²) in [6.45, 7) is 5.10. The zero-order valence-corrected chi connectivity index (χ0v) is 12.2. The van der Waals surface area contributed by atoms with Crippen molar-refractivity contribution in [1.82, 2.24) is 9.78 Å². The van der Waals surface area contributed by atoms with Crippen LogP contribution in [0.4, 0.5) is 0 Å². The number of hydrogen-bond acceptors (Lipinski definition) is 3. The average molecular weight is 273 g/mol. The molecule has 3 N–H and O–H groups in total. The summed E-state index contributed by atoms with van der Waals surface area (Å²) in [6, 6.07) is 10.0. The molecule has 0 bridgehead atoms. The van der Waals surface area contributed by atoms with Crippen LogP contribution in [-0.4, -0.2) is 27.5 Å². The number of nitrogens with two attached hydrogens (primary N) is 1. The van der Waals surface area contributed by atoms with Crippen LogP contribution in [-0.2, 0) is 18.4 Å². The first-order valence-electron chi connectivity index (χ1n) is 7.07. The number of benzene rings is 1. The van der Waals surface area contributed by atoms with Gasteiger partial charge >= 0.3 is 0 Å². The van der Waals surface area contributed by atoms with Crippen molar-refractivity contribution in [1.29, 1.82) is 0 Å². The van der Waals surface area contributed by atoms with E-state index in [-0.39, 0.29) is 0 Å². The van der Waals surface area contributed by atoms with Crippen molar-refractivity contribution < 1.29 is 5.11 Å². The van der Waals surface area contributed by atoms with Crippen molar-refractivity contribution in [3.63, 3.8) is 0 Å². The molecule has 0 fully saturated rings. The Labute approximate surface area is 120 Å². The van der Waals surface area contributed by atoms with E-state index in [0.717, 1.165) is 17.7 Å². The van der Waals surface area contributed by atoms with Crippen molar-refractivity contribution in [3.8, 4) is 0 Å². The summed E-state index contributed by atoms with van der Waals surface area (Å²) in [7, 11) is 0. The molecule has 2 atom stereocenters. The summed E-state index contributed by atoms with van der Waals surface area (Å²) in [4.78, 5) is 0. The van der Waals surface area contributed by atoms with Crippen molar-refractivity contribution in [2.24, 2.45) is 5.73 Å². The number of nitrogens with zero attached hydrogens (tertiary/aromatic N) is 2. The SMILES string of the molecule is CCn1cc(CC(CN)(c2ccccc2)C(C)O)cn1. The van der Waals surface area contributed by atoms with Crippen LogP contribution in [0.15, 0.2) is 42.7 Å². The van der Waals surface area contributed by atoms with Crippen LogP contribution < -0.4 is 5.73 Å². The van der Waals surface area contributed by atoms with E-state index in [9.17, 15) is 5.11 Å². The van der Waals surface area contributed by atoms with Crippen LogP contribution in [0.25, 0.3) is 0 Å². The lowest BCUT2D eigenvalue weighted by Gasteiger charge is -2.36. The Hall–Kier alpha value is -1.65. The van der Waals surface area contributed by atoms with Gasteiger partial charge in [0, 0.05) is 24.7 Å². The second kappa shape index (κ2) is 6.20. The Balaban J connectivity index is 2.37. The normalized spacial score (nSPS) is 15.8. The quantitative estimate of drug-likeness (QED) is 0.842. The fourth-order valence-corrected chi connectivity index (χ4v) is 2.66. The van der Waals surface area contributed by atoms with Crippen molar-refractivity contribution in [2.75, 3.05) is 6.54 Å². The van der Waals surface area contributed by atoms with Gasteiger partial charge in [-0.2, -0.15) is 5.10 Å². The number of aromatic nitrogens is 2. The Bertz CT molecular complexity index is 536. The molecule has 1 aromatic carbocycles. The largest absolute Gasteiger partial charge is 0.392 e. The van der Waals surface area contributed by atoms with Gasteiger partial charge in [-0.25, -0.2) is 0 Å². The smallest absolute Gasteiger partial charge is 0.0624 e. The second-order valence-electron chi connectivity index (χ2n) is 5.28. The first-order chi connectivity index (χ1) is 9.62. The van der Waals surface area contributed by atoms with Gasteiger partial charge in [0.15, 0.2) is 0 Å². The molecule has 20 heavy (non-hydrogen) atoms. The van der Waals surface area contributed by atoms with E-state index in [1.165, 1.54) is 0 Å². The predicted molar refractivity (Wildman–Crippen MR) is 80.5 cm³/mol. The molecule has 0 aliphatic rings. The minimum Gasteiger partial charge on any atom is -0.392 e. The molecular formula is C16H23N3O. The van der Waals surface area contributed by atoms with E-state index in [4.69, 9.17) is 5.73 Å². The molecule has 1 aromatic heterocycles. The summed E-state index contributed by atoms with van der Waals surface area (Å²) in [5.74, 6) is 0. The molecule has 0 aliphatic heterocycles. The van der Waals surface area contributed by atoms with Gasteiger partial charge in [-0.15, -0.1) is 0 Å². The average Bonchev–Trinajstić information content (AvgIpc) is 2.93. The molecule has 4 nitrogen and oxygen atoms in total. The number of aryl methyl sites for hydroxylation is 1. The number of aliphatic hydroxyl groups excluding tert-OH is 1. The standard InChI is InChI=1S/C16H23N3O/c1-3-19-11-14(10-18-19)9-16(12-17,13(2)20)15-7-5-4-6-8-15/h4-8,10-11,13,20H,3,9,12,17H2,1-2H3. The summed E-state index contributed by atoms with van der Waals surface area (Å²) >= 11 is 0. The van der Waals surface area contributed by atoms with E-state index in [2.05, 4.69) is 12.0 Å². The zero-order valence-electron chi connectivity index (χ0n) is 12.2. The van der Waals surface area contributed by atoms with Gasteiger partial charge < -0.3 is 10.8 Å². The molecule has 0 spiro atoms. The maximum absolute atomic E-state index is 10.3. The molecule has 2 rings (SSSR count). The topological polar surface area (TPSA) is 64.1 Å². The van der Waals surface area contributed by atoms with Crippen LogP contribution in [0.3, 0.4) is 0 Å². The van der Waals surface area contributed by atoms with Crippen LogP contribution in [0.5, 0.6) is 0 Å². The molecule has 2 unspecified atom stereocenters. The third kappa shape index (κ3) is 2.76. The fraction of sp³-hybridized carbons (Fsp3) is 0.438. The molecule has 0 aliphatic carbocycles. The molecule has 2 aromatic rings. The molecule has 1 heterocycles. The van der Waals surface area contributed by atoms with Gasteiger partial charge in [0.2, 0.25) is 0 Å². The third-order valence-corrected chi connectivity index (χ3v) is 4.04.